The van der Waals surface area contributed by atoms with Gasteiger partial charge < -0.3 is 10.1 Å². The van der Waals surface area contributed by atoms with E-state index >= 15 is 0 Å². The minimum Gasteiger partial charge on any atom is -0.490 e. The lowest BCUT2D eigenvalue weighted by atomic mass is 10.1. The van der Waals surface area contributed by atoms with Gasteiger partial charge in [0.15, 0.2) is 0 Å². The van der Waals surface area contributed by atoms with Crippen LogP contribution in [0.1, 0.15) is 25.3 Å². The number of sulfonamides is 1. The van der Waals surface area contributed by atoms with Crippen LogP contribution in [0.4, 0.5) is 4.79 Å². The number of ether oxygens (including phenoxy) is 1. The predicted octanol–water partition coefficient (Wildman–Crippen LogP) is 0.328. The second kappa shape index (κ2) is 7.54. The Morgan fingerprint density at radius 3 is 2.59 bits per heavy atom. The highest BCUT2D eigenvalue weighted by molar-refractivity contribution is 7.89. The smallest absolute Gasteiger partial charge is 0.322 e. The molecule has 2 aliphatic heterocycles. The van der Waals surface area contributed by atoms with Gasteiger partial charge in [-0.1, -0.05) is 6.07 Å². The highest BCUT2D eigenvalue weighted by atomic mass is 32.2. The van der Waals surface area contributed by atoms with E-state index in [1.807, 2.05) is 6.07 Å². The van der Waals surface area contributed by atoms with Crippen molar-refractivity contribution in [2.75, 3.05) is 13.1 Å². The van der Waals surface area contributed by atoms with Crippen molar-refractivity contribution in [2.45, 2.75) is 37.2 Å². The van der Waals surface area contributed by atoms with E-state index in [1.165, 1.54) is 11.2 Å². The lowest BCUT2D eigenvalue weighted by Crippen LogP contribution is -2.51. The maximum absolute atomic E-state index is 12.8. The molecule has 2 atom stereocenters. The van der Waals surface area contributed by atoms with Gasteiger partial charge in [-0.15, -0.1) is 0 Å². The molecule has 1 aromatic rings. The maximum atomic E-state index is 12.8. The van der Waals surface area contributed by atoms with Crippen molar-refractivity contribution in [1.82, 2.24) is 14.9 Å². The van der Waals surface area contributed by atoms with Crippen molar-refractivity contribution in [3.63, 3.8) is 0 Å². The van der Waals surface area contributed by atoms with Crippen molar-refractivity contribution in [2.24, 2.45) is 0 Å². The number of rotatable bonds is 5. The molecule has 10 heteroatoms. The first-order valence-corrected chi connectivity index (χ1v) is 10.1. The zero-order valence-corrected chi connectivity index (χ0v) is 15.5. The number of amides is 3. The SMILES string of the molecule is CC([C@H]1NC(=O)NC1=O)S(=O)(=O)N1CCC(Oc2cccc(C#N)c2)CC1. The van der Waals surface area contributed by atoms with Gasteiger partial charge >= 0.3 is 6.03 Å². The van der Waals surface area contributed by atoms with Crippen LogP contribution in [0, 0.1) is 11.3 Å². The van der Waals surface area contributed by atoms with Crippen molar-refractivity contribution >= 4 is 22.0 Å². The van der Waals surface area contributed by atoms with Gasteiger partial charge in [0.2, 0.25) is 10.0 Å². The molecule has 1 aromatic carbocycles. The van der Waals surface area contributed by atoms with Crippen LogP contribution in [0.5, 0.6) is 5.75 Å². The minimum atomic E-state index is -3.75. The Bertz CT molecular complexity index is 887. The molecule has 144 valence electrons. The van der Waals surface area contributed by atoms with Crippen LogP contribution in [0.15, 0.2) is 24.3 Å². The Morgan fingerprint density at radius 2 is 2.00 bits per heavy atom. The summed E-state index contributed by atoms with van der Waals surface area (Å²) in [6.45, 7) is 1.94. The van der Waals surface area contributed by atoms with Crippen LogP contribution in [0.3, 0.4) is 0 Å². The first kappa shape index (κ1) is 19.1. The van der Waals surface area contributed by atoms with Crippen molar-refractivity contribution < 1.29 is 22.7 Å². The number of carbonyl (C=O) groups is 2. The zero-order chi connectivity index (χ0) is 19.6. The normalized spacial score (nSPS) is 22.6. The molecular weight excluding hydrogens is 372 g/mol. The molecule has 2 saturated heterocycles. The molecule has 0 saturated carbocycles. The topological polar surface area (TPSA) is 129 Å². The molecule has 0 spiro atoms. The van der Waals surface area contributed by atoms with Crippen LogP contribution < -0.4 is 15.4 Å². The molecule has 3 amide bonds. The summed E-state index contributed by atoms with van der Waals surface area (Å²) in [6, 6.07) is 7.09. The molecule has 3 rings (SSSR count). The van der Waals surface area contributed by atoms with Crippen molar-refractivity contribution in [3.05, 3.63) is 29.8 Å². The Hall–Kier alpha value is -2.64. The number of nitriles is 1. The van der Waals surface area contributed by atoms with Gasteiger partial charge in [-0.3, -0.25) is 10.1 Å². The van der Waals surface area contributed by atoms with E-state index < -0.39 is 33.3 Å². The standard InChI is InChI=1S/C17H20N4O5S/c1-11(15-16(22)20-17(23)19-15)27(24,25)21-7-5-13(6-8-21)26-14-4-2-3-12(9-14)10-18/h2-4,9,11,13,15H,5-8H2,1H3,(H2,19,20,22,23)/t11?,15-/m1/s1. The highest BCUT2D eigenvalue weighted by Gasteiger charge is 2.43. The molecule has 0 aliphatic carbocycles. The summed E-state index contributed by atoms with van der Waals surface area (Å²) in [4.78, 5) is 23.0. The maximum Gasteiger partial charge on any atom is 0.322 e. The fraction of sp³-hybridized carbons (Fsp3) is 0.471. The molecule has 0 radical (unpaired) electrons. The van der Waals surface area contributed by atoms with E-state index in [1.54, 1.807) is 24.3 Å². The number of carbonyl (C=O) groups excluding carboxylic acids is 2. The number of imide groups is 1. The molecular formula is C17H20N4O5S. The van der Waals surface area contributed by atoms with E-state index in [0.29, 0.717) is 24.2 Å². The summed E-state index contributed by atoms with van der Waals surface area (Å²) in [6.07, 6.45) is 0.827. The zero-order valence-electron chi connectivity index (χ0n) is 14.7. The van der Waals surface area contributed by atoms with Crippen molar-refractivity contribution in [1.29, 1.82) is 5.26 Å². The number of piperidine rings is 1. The Kier molecular flexibility index (Phi) is 5.34. The summed E-state index contributed by atoms with van der Waals surface area (Å²) in [7, 11) is -3.75. The number of nitrogens with one attached hydrogen (secondary N) is 2. The third-order valence-electron chi connectivity index (χ3n) is 4.77. The number of nitrogens with zero attached hydrogens (tertiary/aromatic N) is 2. The third-order valence-corrected chi connectivity index (χ3v) is 7.07. The second-order valence-electron chi connectivity index (χ2n) is 6.55. The first-order valence-electron chi connectivity index (χ1n) is 8.58. The molecule has 2 fully saturated rings. The fourth-order valence-corrected chi connectivity index (χ4v) is 4.93. The average Bonchev–Trinajstić information content (AvgIpc) is 2.99. The number of hydrogen-bond donors (Lipinski definition) is 2. The monoisotopic (exact) mass is 392 g/mol. The molecule has 1 unspecified atom stereocenters. The Morgan fingerprint density at radius 1 is 1.30 bits per heavy atom. The molecule has 0 bridgehead atoms. The predicted molar refractivity (Wildman–Crippen MR) is 95.2 cm³/mol. The van der Waals surface area contributed by atoms with E-state index in [-0.39, 0.29) is 19.2 Å². The van der Waals surface area contributed by atoms with E-state index in [2.05, 4.69) is 10.6 Å². The number of benzene rings is 1. The largest absolute Gasteiger partial charge is 0.490 e. The van der Waals surface area contributed by atoms with Gasteiger partial charge in [-0.05, 0) is 38.0 Å². The summed E-state index contributed by atoms with van der Waals surface area (Å²) < 4.78 is 32.8. The Balaban J connectivity index is 1.60. The molecule has 2 aliphatic rings. The van der Waals surface area contributed by atoms with Crippen LogP contribution >= 0.6 is 0 Å². The summed E-state index contributed by atoms with van der Waals surface area (Å²) in [5.74, 6) is -0.0549. The van der Waals surface area contributed by atoms with E-state index in [4.69, 9.17) is 10.00 Å². The van der Waals surface area contributed by atoms with Gasteiger partial charge in [0.05, 0.1) is 11.6 Å². The highest BCUT2D eigenvalue weighted by Crippen LogP contribution is 2.24. The lowest BCUT2D eigenvalue weighted by molar-refractivity contribution is -0.120. The molecule has 27 heavy (non-hydrogen) atoms. The van der Waals surface area contributed by atoms with Crippen LogP contribution in [0.25, 0.3) is 0 Å². The average molecular weight is 392 g/mol. The minimum absolute atomic E-state index is 0.157. The quantitative estimate of drug-likeness (QED) is 0.695. The van der Waals surface area contributed by atoms with Gasteiger partial charge in [-0.2, -0.15) is 5.26 Å². The Labute approximate surface area is 157 Å². The molecule has 2 N–H and O–H groups in total. The van der Waals surface area contributed by atoms with Gasteiger partial charge in [-0.25, -0.2) is 17.5 Å². The van der Waals surface area contributed by atoms with E-state index in [9.17, 15) is 18.0 Å². The fourth-order valence-electron chi connectivity index (χ4n) is 3.21. The molecule has 2 heterocycles. The molecule has 0 aromatic heterocycles. The van der Waals surface area contributed by atoms with Crippen LogP contribution in [-0.2, 0) is 14.8 Å². The van der Waals surface area contributed by atoms with E-state index in [0.717, 1.165) is 0 Å². The second-order valence-corrected chi connectivity index (χ2v) is 8.84. The number of hydrogen-bond acceptors (Lipinski definition) is 6. The summed E-state index contributed by atoms with van der Waals surface area (Å²) in [5.41, 5.74) is 0.498. The van der Waals surface area contributed by atoms with Gasteiger partial charge in [0, 0.05) is 13.1 Å². The third kappa shape index (κ3) is 4.04. The van der Waals surface area contributed by atoms with Crippen LogP contribution in [0.2, 0.25) is 0 Å². The lowest BCUT2D eigenvalue weighted by Gasteiger charge is -2.33. The van der Waals surface area contributed by atoms with Gasteiger partial charge in [0.25, 0.3) is 5.91 Å². The summed E-state index contributed by atoms with van der Waals surface area (Å²) >= 11 is 0. The summed E-state index contributed by atoms with van der Waals surface area (Å²) in [5, 5.41) is 12.3. The van der Waals surface area contributed by atoms with Crippen LogP contribution in [-0.4, -0.2) is 55.1 Å². The first-order chi connectivity index (χ1) is 12.8. The number of urea groups is 1. The van der Waals surface area contributed by atoms with Gasteiger partial charge in [0.1, 0.15) is 23.1 Å². The molecule has 9 nitrogen and oxygen atoms in total. The van der Waals surface area contributed by atoms with Crippen molar-refractivity contribution in [3.8, 4) is 11.8 Å².